The Labute approximate surface area is 170 Å². The summed E-state index contributed by atoms with van der Waals surface area (Å²) < 4.78 is 47.8. The molecule has 8 nitrogen and oxygen atoms in total. The van der Waals surface area contributed by atoms with E-state index in [9.17, 15) is 13.2 Å². The van der Waals surface area contributed by atoms with Gasteiger partial charge in [-0.3, -0.25) is 0 Å². The maximum atomic E-state index is 12.8. The van der Waals surface area contributed by atoms with Crippen LogP contribution in [-0.2, 0) is 26.1 Å². The number of morpholine rings is 1. The molecule has 0 bridgehead atoms. The number of methoxy groups -OCH3 is 2. The standard InChI is InChI=1S/C20H23NO7S/c1-25-18-7-6-15(12-19(18)26-2)14-28-20(22)16-4-3-5-17(13-16)29(23,24)21-8-10-27-11-9-21/h3-7,12-13H,8-11,14H2,1-2H3. The summed E-state index contributed by atoms with van der Waals surface area (Å²) in [6.45, 7) is 1.30. The minimum atomic E-state index is -3.69. The van der Waals surface area contributed by atoms with Crippen molar-refractivity contribution in [1.82, 2.24) is 4.31 Å². The summed E-state index contributed by atoms with van der Waals surface area (Å²) >= 11 is 0. The van der Waals surface area contributed by atoms with Crippen LogP contribution >= 0.6 is 0 Å². The molecule has 0 amide bonds. The smallest absolute Gasteiger partial charge is 0.338 e. The van der Waals surface area contributed by atoms with Crippen molar-refractivity contribution in [3.05, 3.63) is 53.6 Å². The van der Waals surface area contributed by atoms with Gasteiger partial charge in [-0.25, -0.2) is 13.2 Å². The van der Waals surface area contributed by atoms with E-state index in [0.29, 0.717) is 30.3 Å². The number of benzene rings is 2. The first-order valence-electron chi connectivity index (χ1n) is 9.01. The van der Waals surface area contributed by atoms with E-state index in [0.717, 1.165) is 0 Å². The normalized spacial score (nSPS) is 15.0. The van der Waals surface area contributed by atoms with E-state index in [1.165, 1.54) is 42.8 Å². The molecular formula is C20H23NO7S. The fourth-order valence-corrected chi connectivity index (χ4v) is 4.38. The fourth-order valence-electron chi connectivity index (χ4n) is 2.92. The first-order chi connectivity index (χ1) is 14.0. The lowest BCUT2D eigenvalue weighted by Gasteiger charge is -2.26. The lowest BCUT2D eigenvalue weighted by Crippen LogP contribution is -2.40. The number of hydrogen-bond donors (Lipinski definition) is 0. The predicted octanol–water partition coefficient (Wildman–Crippen LogP) is 2.08. The van der Waals surface area contributed by atoms with Crippen LogP contribution in [0.15, 0.2) is 47.4 Å². The third kappa shape index (κ3) is 4.87. The molecule has 1 fully saturated rings. The molecule has 1 aliphatic rings. The van der Waals surface area contributed by atoms with Gasteiger partial charge in [0.05, 0.1) is 37.9 Å². The molecule has 0 radical (unpaired) electrons. The Morgan fingerprint density at radius 1 is 1.03 bits per heavy atom. The highest BCUT2D eigenvalue weighted by atomic mass is 32.2. The summed E-state index contributed by atoms with van der Waals surface area (Å²) in [5, 5.41) is 0. The molecule has 3 rings (SSSR count). The van der Waals surface area contributed by atoms with E-state index >= 15 is 0 Å². The highest BCUT2D eigenvalue weighted by molar-refractivity contribution is 7.89. The van der Waals surface area contributed by atoms with Crippen LogP contribution in [-0.4, -0.2) is 59.2 Å². The van der Waals surface area contributed by atoms with Crippen molar-refractivity contribution in [3.8, 4) is 11.5 Å². The Hall–Kier alpha value is -2.62. The van der Waals surface area contributed by atoms with Gasteiger partial charge in [0.1, 0.15) is 6.61 Å². The lowest BCUT2D eigenvalue weighted by atomic mass is 10.2. The molecule has 156 valence electrons. The van der Waals surface area contributed by atoms with E-state index in [4.69, 9.17) is 18.9 Å². The van der Waals surface area contributed by atoms with Crippen LogP contribution in [0.25, 0.3) is 0 Å². The zero-order valence-corrected chi connectivity index (χ0v) is 17.1. The number of carbonyl (C=O) groups excluding carboxylic acids is 1. The van der Waals surface area contributed by atoms with Crippen molar-refractivity contribution in [2.24, 2.45) is 0 Å². The van der Waals surface area contributed by atoms with Gasteiger partial charge < -0.3 is 18.9 Å². The summed E-state index contributed by atoms with van der Waals surface area (Å²) in [5.74, 6) is 0.488. The highest BCUT2D eigenvalue weighted by Crippen LogP contribution is 2.28. The third-order valence-corrected chi connectivity index (χ3v) is 6.39. The van der Waals surface area contributed by atoms with Gasteiger partial charge >= 0.3 is 5.97 Å². The molecule has 0 unspecified atom stereocenters. The van der Waals surface area contributed by atoms with Crippen molar-refractivity contribution < 1.29 is 32.2 Å². The minimum Gasteiger partial charge on any atom is -0.493 e. The Kier molecular flexibility index (Phi) is 6.73. The molecule has 1 aliphatic heterocycles. The van der Waals surface area contributed by atoms with Crippen molar-refractivity contribution in [2.75, 3.05) is 40.5 Å². The molecule has 0 spiro atoms. The zero-order chi connectivity index (χ0) is 20.9. The van der Waals surface area contributed by atoms with E-state index in [1.807, 2.05) is 0 Å². The first-order valence-corrected chi connectivity index (χ1v) is 10.5. The van der Waals surface area contributed by atoms with Crippen LogP contribution in [0.3, 0.4) is 0 Å². The summed E-state index contributed by atoms with van der Waals surface area (Å²) in [7, 11) is -0.628. The topological polar surface area (TPSA) is 91.4 Å². The molecule has 1 heterocycles. The third-order valence-electron chi connectivity index (χ3n) is 4.50. The van der Waals surface area contributed by atoms with Gasteiger partial charge in [0.25, 0.3) is 0 Å². The summed E-state index contributed by atoms with van der Waals surface area (Å²) in [6.07, 6.45) is 0. The van der Waals surface area contributed by atoms with Crippen LogP contribution < -0.4 is 9.47 Å². The van der Waals surface area contributed by atoms with Crippen molar-refractivity contribution in [2.45, 2.75) is 11.5 Å². The van der Waals surface area contributed by atoms with E-state index in [1.54, 1.807) is 18.2 Å². The maximum absolute atomic E-state index is 12.8. The van der Waals surface area contributed by atoms with Crippen LogP contribution in [0.2, 0.25) is 0 Å². The van der Waals surface area contributed by atoms with Gasteiger partial charge in [-0.15, -0.1) is 0 Å². The van der Waals surface area contributed by atoms with Gasteiger partial charge in [0.2, 0.25) is 10.0 Å². The zero-order valence-electron chi connectivity index (χ0n) is 16.3. The van der Waals surface area contributed by atoms with Crippen molar-refractivity contribution in [1.29, 1.82) is 0 Å². The molecule has 2 aromatic rings. The maximum Gasteiger partial charge on any atom is 0.338 e. The number of carbonyl (C=O) groups is 1. The van der Waals surface area contributed by atoms with Crippen LogP contribution in [0, 0.1) is 0 Å². The van der Waals surface area contributed by atoms with Crippen molar-refractivity contribution in [3.63, 3.8) is 0 Å². The van der Waals surface area contributed by atoms with E-state index in [2.05, 4.69) is 0 Å². The molecule has 0 aromatic heterocycles. The van der Waals surface area contributed by atoms with Crippen LogP contribution in [0.1, 0.15) is 15.9 Å². The number of ether oxygens (including phenoxy) is 4. The van der Waals surface area contributed by atoms with Gasteiger partial charge in [-0.1, -0.05) is 12.1 Å². The molecule has 0 saturated carbocycles. The lowest BCUT2D eigenvalue weighted by molar-refractivity contribution is 0.0472. The molecular weight excluding hydrogens is 398 g/mol. The number of sulfonamides is 1. The first kappa shape index (κ1) is 21.1. The fraction of sp³-hybridized carbons (Fsp3) is 0.350. The largest absolute Gasteiger partial charge is 0.493 e. The number of esters is 1. The molecule has 1 saturated heterocycles. The molecule has 0 atom stereocenters. The van der Waals surface area contributed by atoms with Crippen LogP contribution in [0.5, 0.6) is 11.5 Å². The number of nitrogens with zero attached hydrogens (tertiary/aromatic N) is 1. The SMILES string of the molecule is COc1ccc(COC(=O)c2cccc(S(=O)(=O)N3CCOCC3)c2)cc1OC. The van der Waals surface area contributed by atoms with Gasteiger partial charge in [-0.2, -0.15) is 4.31 Å². The van der Waals surface area contributed by atoms with E-state index < -0.39 is 16.0 Å². The summed E-state index contributed by atoms with van der Waals surface area (Å²) in [4.78, 5) is 12.5. The Morgan fingerprint density at radius 2 is 1.76 bits per heavy atom. The molecule has 0 N–H and O–H groups in total. The van der Waals surface area contributed by atoms with Crippen molar-refractivity contribution >= 4 is 16.0 Å². The predicted molar refractivity (Wildman–Crippen MR) is 105 cm³/mol. The molecule has 0 aliphatic carbocycles. The second-order valence-electron chi connectivity index (χ2n) is 6.31. The van der Waals surface area contributed by atoms with Gasteiger partial charge in [0.15, 0.2) is 11.5 Å². The Bertz CT molecular complexity index is 969. The average Bonchev–Trinajstić information content (AvgIpc) is 2.77. The Balaban J connectivity index is 1.71. The van der Waals surface area contributed by atoms with Gasteiger partial charge in [-0.05, 0) is 35.9 Å². The second kappa shape index (κ2) is 9.25. The second-order valence-corrected chi connectivity index (χ2v) is 8.25. The number of rotatable bonds is 7. The van der Waals surface area contributed by atoms with Crippen LogP contribution in [0.4, 0.5) is 0 Å². The highest BCUT2D eigenvalue weighted by Gasteiger charge is 2.27. The monoisotopic (exact) mass is 421 g/mol. The average molecular weight is 421 g/mol. The molecule has 29 heavy (non-hydrogen) atoms. The van der Waals surface area contributed by atoms with Gasteiger partial charge in [0, 0.05) is 13.1 Å². The quantitative estimate of drug-likeness (QED) is 0.632. The number of hydrogen-bond acceptors (Lipinski definition) is 7. The minimum absolute atomic E-state index is 0.0135. The summed E-state index contributed by atoms with van der Waals surface area (Å²) in [6, 6.07) is 11.0. The molecule has 2 aromatic carbocycles. The molecule has 9 heteroatoms. The van der Waals surface area contributed by atoms with E-state index in [-0.39, 0.29) is 30.2 Å². The Morgan fingerprint density at radius 3 is 2.45 bits per heavy atom. The summed E-state index contributed by atoms with van der Waals surface area (Å²) in [5.41, 5.74) is 0.882.